The summed E-state index contributed by atoms with van der Waals surface area (Å²) in [5.41, 5.74) is 0.223. The molecule has 2 fully saturated rings. The minimum Gasteiger partial charge on any atom is -0.391 e. The third kappa shape index (κ3) is 3.38. The molecule has 3 N–H and O–H groups in total. The number of benzene rings is 1. The van der Waals surface area contributed by atoms with Gasteiger partial charge in [-0.25, -0.2) is 0 Å². The smallest absolute Gasteiger partial charge is 0.230 e. The molecule has 3 rings (SSSR count). The summed E-state index contributed by atoms with van der Waals surface area (Å²) in [5, 5.41) is 16.7. The molecule has 0 aromatic heterocycles. The van der Waals surface area contributed by atoms with Crippen molar-refractivity contribution in [2.24, 2.45) is 5.92 Å². The van der Waals surface area contributed by atoms with Crippen LogP contribution in [0.4, 0.5) is 0 Å². The minimum absolute atomic E-state index is 0.0204. The quantitative estimate of drug-likeness (QED) is 0.768. The van der Waals surface area contributed by atoms with Crippen LogP contribution in [0.15, 0.2) is 24.3 Å². The Morgan fingerprint density at radius 3 is 2.74 bits per heavy atom. The average molecular weight is 339 g/mol. The monoisotopic (exact) mass is 338 g/mol. The van der Waals surface area contributed by atoms with Crippen molar-refractivity contribution < 1.29 is 14.6 Å². The number of rotatable bonds is 4. The predicted octanol–water partition coefficient (Wildman–Crippen LogP) is 1.08. The van der Waals surface area contributed by atoms with Crippen molar-refractivity contribution in [2.45, 2.75) is 24.4 Å². The van der Waals surface area contributed by atoms with Gasteiger partial charge in [-0.3, -0.25) is 4.79 Å². The lowest BCUT2D eigenvalue weighted by Gasteiger charge is -2.37. The van der Waals surface area contributed by atoms with E-state index in [1.165, 1.54) is 0 Å². The molecule has 0 bridgehead atoms. The highest BCUT2D eigenvalue weighted by Gasteiger charge is 2.43. The van der Waals surface area contributed by atoms with E-state index in [0.717, 1.165) is 12.1 Å². The van der Waals surface area contributed by atoms with Crippen molar-refractivity contribution in [3.05, 3.63) is 34.9 Å². The minimum atomic E-state index is -0.645. The highest BCUT2D eigenvalue weighted by Crippen LogP contribution is 2.38. The number of ether oxygens (including phenoxy) is 1. The second-order valence-corrected chi connectivity index (χ2v) is 6.78. The Morgan fingerprint density at radius 2 is 2.09 bits per heavy atom. The Kier molecular flexibility index (Phi) is 5.21. The zero-order valence-electron chi connectivity index (χ0n) is 13.1. The average Bonchev–Trinajstić information content (AvgIpc) is 2.99. The molecule has 0 radical (unpaired) electrons. The summed E-state index contributed by atoms with van der Waals surface area (Å²) in [5.74, 6) is 0.0371. The van der Waals surface area contributed by atoms with Crippen LogP contribution in [0.1, 0.15) is 18.4 Å². The van der Waals surface area contributed by atoms with Gasteiger partial charge in [0.2, 0.25) is 5.91 Å². The van der Waals surface area contributed by atoms with E-state index in [1.807, 2.05) is 24.3 Å². The normalized spacial score (nSPS) is 26.9. The van der Waals surface area contributed by atoms with E-state index in [-0.39, 0.29) is 11.8 Å². The Balaban J connectivity index is 1.78. The first kappa shape index (κ1) is 16.7. The first-order chi connectivity index (χ1) is 11.1. The van der Waals surface area contributed by atoms with Crippen molar-refractivity contribution in [1.82, 2.24) is 10.6 Å². The van der Waals surface area contributed by atoms with E-state index in [0.29, 0.717) is 44.2 Å². The molecule has 2 saturated heterocycles. The summed E-state index contributed by atoms with van der Waals surface area (Å²) in [6.07, 6.45) is 0.837. The molecule has 126 valence electrons. The van der Waals surface area contributed by atoms with Crippen LogP contribution >= 0.6 is 11.6 Å². The summed E-state index contributed by atoms with van der Waals surface area (Å²) < 4.78 is 5.46. The van der Waals surface area contributed by atoms with Crippen molar-refractivity contribution in [3.63, 3.8) is 0 Å². The Hall–Kier alpha value is -1.14. The Morgan fingerprint density at radius 1 is 1.35 bits per heavy atom. The van der Waals surface area contributed by atoms with E-state index < -0.39 is 11.5 Å². The molecule has 1 amide bonds. The molecule has 2 aliphatic rings. The fourth-order valence-corrected chi connectivity index (χ4v) is 3.83. The largest absolute Gasteiger partial charge is 0.391 e. The number of aliphatic hydroxyl groups is 1. The standard InChI is InChI=1S/C17H23ClN2O3/c18-14-4-2-1-3-13(14)17(5-7-23-8-6-17)16(22)20-10-12-9-19-11-15(12)21/h1-4,12,15,19,21H,5-11H2,(H,20,22). The molecule has 1 aromatic carbocycles. The van der Waals surface area contributed by atoms with Gasteiger partial charge in [-0.15, -0.1) is 0 Å². The number of nitrogens with one attached hydrogen (secondary N) is 2. The van der Waals surface area contributed by atoms with Gasteiger partial charge in [0.15, 0.2) is 0 Å². The number of amides is 1. The van der Waals surface area contributed by atoms with Crippen LogP contribution in [0.5, 0.6) is 0 Å². The van der Waals surface area contributed by atoms with Crippen LogP contribution in [0.25, 0.3) is 0 Å². The van der Waals surface area contributed by atoms with E-state index in [4.69, 9.17) is 16.3 Å². The van der Waals surface area contributed by atoms with Gasteiger partial charge in [-0.2, -0.15) is 0 Å². The maximum absolute atomic E-state index is 13.0. The highest BCUT2D eigenvalue weighted by atomic mass is 35.5. The molecule has 2 unspecified atom stereocenters. The van der Waals surface area contributed by atoms with Crippen LogP contribution in [0, 0.1) is 5.92 Å². The van der Waals surface area contributed by atoms with Crippen LogP contribution < -0.4 is 10.6 Å². The number of halogens is 1. The summed E-state index contributed by atoms with van der Waals surface area (Å²) in [4.78, 5) is 13.0. The van der Waals surface area contributed by atoms with Gasteiger partial charge in [0.05, 0.1) is 11.5 Å². The van der Waals surface area contributed by atoms with Crippen LogP contribution in [-0.2, 0) is 14.9 Å². The molecule has 2 heterocycles. The van der Waals surface area contributed by atoms with Crippen molar-refractivity contribution in [1.29, 1.82) is 0 Å². The van der Waals surface area contributed by atoms with Crippen molar-refractivity contribution in [3.8, 4) is 0 Å². The molecule has 0 aliphatic carbocycles. The van der Waals surface area contributed by atoms with E-state index >= 15 is 0 Å². The van der Waals surface area contributed by atoms with Gasteiger partial charge in [0.1, 0.15) is 0 Å². The topological polar surface area (TPSA) is 70.6 Å². The maximum Gasteiger partial charge on any atom is 0.230 e. The number of aliphatic hydroxyl groups excluding tert-OH is 1. The number of β-amino-alcohol motifs (C(OH)–C–C–N with tert-alkyl or cyclic N) is 1. The van der Waals surface area contributed by atoms with Crippen LogP contribution in [0.2, 0.25) is 5.02 Å². The summed E-state index contributed by atoms with van der Waals surface area (Å²) in [6.45, 7) is 2.88. The summed E-state index contributed by atoms with van der Waals surface area (Å²) >= 11 is 6.37. The fourth-order valence-electron chi connectivity index (χ4n) is 3.51. The van der Waals surface area contributed by atoms with Crippen LogP contribution in [0.3, 0.4) is 0 Å². The lowest BCUT2D eigenvalue weighted by atomic mass is 9.73. The second kappa shape index (κ2) is 7.18. The number of hydrogen-bond donors (Lipinski definition) is 3. The molecule has 2 atom stereocenters. The molecule has 5 nitrogen and oxygen atoms in total. The first-order valence-corrected chi connectivity index (χ1v) is 8.51. The van der Waals surface area contributed by atoms with Gasteiger partial charge in [0, 0.05) is 43.8 Å². The highest BCUT2D eigenvalue weighted by molar-refractivity contribution is 6.31. The molecule has 6 heteroatoms. The molecule has 1 aromatic rings. The Labute approximate surface area is 141 Å². The predicted molar refractivity (Wildman–Crippen MR) is 88.6 cm³/mol. The van der Waals surface area contributed by atoms with E-state index in [9.17, 15) is 9.90 Å². The van der Waals surface area contributed by atoms with Crippen molar-refractivity contribution >= 4 is 17.5 Å². The van der Waals surface area contributed by atoms with Gasteiger partial charge in [-0.05, 0) is 24.5 Å². The molecule has 2 aliphatic heterocycles. The lowest BCUT2D eigenvalue weighted by molar-refractivity contribution is -0.130. The maximum atomic E-state index is 13.0. The van der Waals surface area contributed by atoms with Crippen LogP contribution in [-0.4, -0.2) is 50.0 Å². The van der Waals surface area contributed by atoms with Gasteiger partial charge < -0.3 is 20.5 Å². The van der Waals surface area contributed by atoms with Gasteiger partial charge in [-0.1, -0.05) is 29.8 Å². The molecule has 23 heavy (non-hydrogen) atoms. The van der Waals surface area contributed by atoms with Crippen molar-refractivity contribution in [2.75, 3.05) is 32.8 Å². The number of carbonyl (C=O) groups is 1. The zero-order chi connectivity index (χ0) is 16.3. The lowest BCUT2D eigenvalue weighted by Crippen LogP contribution is -2.50. The number of carbonyl (C=O) groups excluding carboxylic acids is 1. The van der Waals surface area contributed by atoms with Gasteiger partial charge in [0.25, 0.3) is 0 Å². The summed E-state index contributed by atoms with van der Waals surface area (Å²) in [7, 11) is 0. The molecule has 0 spiro atoms. The fraction of sp³-hybridized carbons (Fsp3) is 0.588. The second-order valence-electron chi connectivity index (χ2n) is 6.37. The van der Waals surface area contributed by atoms with E-state index in [2.05, 4.69) is 10.6 Å². The zero-order valence-corrected chi connectivity index (χ0v) is 13.8. The Bertz CT molecular complexity index is 561. The van der Waals surface area contributed by atoms with E-state index in [1.54, 1.807) is 0 Å². The third-order valence-electron chi connectivity index (χ3n) is 5.00. The molecular weight excluding hydrogens is 316 g/mol. The first-order valence-electron chi connectivity index (χ1n) is 8.13. The summed E-state index contributed by atoms with van der Waals surface area (Å²) in [6, 6.07) is 7.54. The number of hydrogen-bond acceptors (Lipinski definition) is 4. The molecule has 0 saturated carbocycles. The SMILES string of the molecule is O=C(NCC1CNCC1O)C1(c2ccccc2Cl)CCOCC1. The third-order valence-corrected chi connectivity index (χ3v) is 5.33. The van der Waals surface area contributed by atoms with Gasteiger partial charge >= 0.3 is 0 Å². The molecular formula is C17H23ClN2O3.